The molecule has 1 aliphatic rings. The summed E-state index contributed by atoms with van der Waals surface area (Å²) in [6.07, 6.45) is 1.76. The van der Waals surface area contributed by atoms with E-state index in [2.05, 4.69) is 64.6 Å². The van der Waals surface area contributed by atoms with E-state index in [0.717, 1.165) is 18.7 Å². The molecule has 2 rings (SSSR count). The molecule has 1 amide bonds. The van der Waals surface area contributed by atoms with E-state index in [4.69, 9.17) is 0 Å². The second-order valence-electron chi connectivity index (χ2n) is 8.24. The topological polar surface area (TPSA) is 20.3 Å². The molecule has 3 heteroatoms. The van der Waals surface area contributed by atoms with E-state index in [1.807, 2.05) is 11.8 Å². The third-order valence-corrected chi connectivity index (χ3v) is 5.63. The van der Waals surface area contributed by atoms with E-state index in [1.54, 1.807) is 0 Å². The van der Waals surface area contributed by atoms with E-state index >= 15 is 0 Å². The molecule has 128 valence electrons. The van der Waals surface area contributed by atoms with Crippen LogP contribution in [0.15, 0.2) is 18.2 Å². The Morgan fingerprint density at radius 3 is 2.65 bits per heavy atom. The normalized spacial score (nSPS) is 19.9. The van der Waals surface area contributed by atoms with Gasteiger partial charge in [-0.05, 0) is 42.7 Å². The molecule has 0 aliphatic carbocycles. The Kier molecular flexibility index (Phi) is 5.83. The molecule has 1 saturated heterocycles. The van der Waals surface area contributed by atoms with Crippen molar-refractivity contribution in [3.8, 4) is 0 Å². The van der Waals surface area contributed by atoms with Crippen LogP contribution in [0.5, 0.6) is 0 Å². The van der Waals surface area contributed by atoms with Gasteiger partial charge in [0, 0.05) is 18.7 Å². The number of hydrogen-bond acceptors (Lipinski definition) is 2. The molecule has 0 radical (unpaired) electrons. The van der Waals surface area contributed by atoms with Crippen molar-refractivity contribution in [1.29, 1.82) is 0 Å². The first-order chi connectivity index (χ1) is 10.7. The highest BCUT2D eigenvalue weighted by atomic mass is 32.2. The molecule has 2 unspecified atom stereocenters. The minimum Gasteiger partial charge on any atom is -0.326 e. The molecule has 1 aromatic rings. The summed E-state index contributed by atoms with van der Waals surface area (Å²) in [5.41, 5.74) is 4.16. The third-order valence-electron chi connectivity index (χ3n) is 4.39. The van der Waals surface area contributed by atoms with Crippen LogP contribution in [-0.4, -0.2) is 23.1 Å². The number of aryl methyl sites for hydroxylation is 2. The van der Waals surface area contributed by atoms with Gasteiger partial charge >= 0.3 is 0 Å². The average Bonchev–Trinajstić information content (AvgIpc) is 2.85. The van der Waals surface area contributed by atoms with Gasteiger partial charge in [0.25, 0.3) is 0 Å². The molecule has 0 bridgehead atoms. The van der Waals surface area contributed by atoms with Crippen molar-refractivity contribution >= 4 is 17.7 Å². The number of thioether (sulfide) groups is 1. The van der Waals surface area contributed by atoms with E-state index < -0.39 is 0 Å². The van der Waals surface area contributed by atoms with Crippen LogP contribution in [0.3, 0.4) is 0 Å². The van der Waals surface area contributed by atoms with Crippen LogP contribution >= 0.6 is 11.8 Å². The van der Waals surface area contributed by atoms with Crippen LogP contribution in [0, 0.1) is 25.2 Å². The molecule has 2 nitrogen and oxygen atoms in total. The summed E-state index contributed by atoms with van der Waals surface area (Å²) in [6.45, 7) is 14.1. The predicted octanol–water partition coefficient (Wildman–Crippen LogP) is 5.34. The molecular weight excluding hydrogens is 302 g/mol. The number of nitrogens with zero attached hydrogens (tertiary/aromatic N) is 1. The zero-order valence-electron chi connectivity index (χ0n) is 15.5. The van der Waals surface area contributed by atoms with Crippen molar-refractivity contribution in [1.82, 2.24) is 4.90 Å². The van der Waals surface area contributed by atoms with Crippen LogP contribution in [0.4, 0.5) is 0 Å². The summed E-state index contributed by atoms with van der Waals surface area (Å²) in [7, 11) is 0. The van der Waals surface area contributed by atoms with Crippen LogP contribution < -0.4 is 0 Å². The Morgan fingerprint density at radius 1 is 1.35 bits per heavy atom. The SMILES string of the molecule is Cc1ccc(C2SCCN2C(=O)CC(C)CC(C)(C)C)c(C)c1. The quantitative estimate of drug-likeness (QED) is 0.741. The second kappa shape index (κ2) is 7.29. The molecule has 0 aromatic heterocycles. The van der Waals surface area contributed by atoms with Crippen molar-refractivity contribution in [2.24, 2.45) is 11.3 Å². The summed E-state index contributed by atoms with van der Waals surface area (Å²) in [4.78, 5) is 14.9. The van der Waals surface area contributed by atoms with Crippen LogP contribution in [-0.2, 0) is 4.79 Å². The molecule has 0 spiro atoms. The molecule has 1 aliphatic heterocycles. The first-order valence-electron chi connectivity index (χ1n) is 8.65. The van der Waals surface area contributed by atoms with Gasteiger partial charge in [-0.3, -0.25) is 4.79 Å². The Morgan fingerprint density at radius 2 is 2.04 bits per heavy atom. The molecule has 23 heavy (non-hydrogen) atoms. The van der Waals surface area contributed by atoms with E-state index in [0.29, 0.717) is 18.2 Å². The molecular formula is C20H31NOS. The van der Waals surface area contributed by atoms with Gasteiger partial charge < -0.3 is 4.90 Å². The van der Waals surface area contributed by atoms with Crippen molar-refractivity contribution in [2.45, 2.75) is 59.8 Å². The second-order valence-corrected chi connectivity index (χ2v) is 9.43. The maximum atomic E-state index is 12.8. The number of amides is 1. The van der Waals surface area contributed by atoms with E-state index in [9.17, 15) is 4.79 Å². The Labute approximate surface area is 146 Å². The lowest BCUT2D eigenvalue weighted by Gasteiger charge is -2.28. The first kappa shape index (κ1) is 18.4. The van der Waals surface area contributed by atoms with Crippen molar-refractivity contribution in [3.05, 3.63) is 34.9 Å². The monoisotopic (exact) mass is 333 g/mol. The Hall–Kier alpha value is -0.960. The van der Waals surface area contributed by atoms with E-state index in [1.165, 1.54) is 16.7 Å². The zero-order valence-corrected chi connectivity index (χ0v) is 16.3. The van der Waals surface area contributed by atoms with Crippen molar-refractivity contribution < 1.29 is 4.79 Å². The Balaban J connectivity index is 2.07. The summed E-state index contributed by atoms with van der Waals surface area (Å²) >= 11 is 1.90. The van der Waals surface area contributed by atoms with Crippen molar-refractivity contribution in [2.75, 3.05) is 12.3 Å². The number of benzene rings is 1. The van der Waals surface area contributed by atoms with Gasteiger partial charge in [-0.25, -0.2) is 0 Å². The molecule has 1 heterocycles. The molecule has 1 aromatic carbocycles. The molecule has 2 atom stereocenters. The van der Waals surface area contributed by atoms with Crippen LogP contribution in [0.2, 0.25) is 0 Å². The molecule has 0 N–H and O–H groups in total. The van der Waals surface area contributed by atoms with Gasteiger partial charge in [0.15, 0.2) is 0 Å². The maximum absolute atomic E-state index is 12.8. The lowest BCUT2D eigenvalue weighted by Crippen LogP contribution is -2.32. The first-order valence-corrected chi connectivity index (χ1v) is 9.70. The highest BCUT2D eigenvalue weighted by molar-refractivity contribution is 7.99. The van der Waals surface area contributed by atoms with Gasteiger partial charge in [0.1, 0.15) is 5.37 Å². The molecule has 0 saturated carbocycles. The highest BCUT2D eigenvalue weighted by Crippen LogP contribution is 2.40. The lowest BCUT2D eigenvalue weighted by molar-refractivity contribution is -0.132. The van der Waals surface area contributed by atoms with Gasteiger partial charge in [-0.15, -0.1) is 11.8 Å². The summed E-state index contributed by atoms with van der Waals surface area (Å²) in [5.74, 6) is 1.79. The largest absolute Gasteiger partial charge is 0.326 e. The van der Waals surface area contributed by atoms with E-state index in [-0.39, 0.29) is 10.8 Å². The number of carbonyl (C=O) groups is 1. The zero-order chi connectivity index (χ0) is 17.2. The summed E-state index contributed by atoms with van der Waals surface area (Å²) in [6, 6.07) is 6.58. The summed E-state index contributed by atoms with van der Waals surface area (Å²) < 4.78 is 0. The number of rotatable bonds is 4. The van der Waals surface area contributed by atoms with Crippen molar-refractivity contribution in [3.63, 3.8) is 0 Å². The van der Waals surface area contributed by atoms with Gasteiger partial charge in [-0.1, -0.05) is 51.5 Å². The smallest absolute Gasteiger partial charge is 0.224 e. The number of hydrogen-bond donors (Lipinski definition) is 0. The fourth-order valence-electron chi connectivity index (χ4n) is 3.62. The predicted molar refractivity (Wildman–Crippen MR) is 101 cm³/mol. The van der Waals surface area contributed by atoms with Gasteiger partial charge in [0.2, 0.25) is 5.91 Å². The van der Waals surface area contributed by atoms with Crippen LogP contribution in [0.25, 0.3) is 0 Å². The standard InChI is InChI=1S/C20H31NOS/c1-14-7-8-17(16(3)11-14)19-21(9-10-23-19)18(22)12-15(2)13-20(4,5)6/h7-8,11,15,19H,9-10,12-13H2,1-6H3. The van der Waals surface area contributed by atoms with Gasteiger partial charge in [-0.2, -0.15) is 0 Å². The highest BCUT2D eigenvalue weighted by Gasteiger charge is 2.32. The fourth-order valence-corrected chi connectivity index (χ4v) is 4.99. The third kappa shape index (κ3) is 5.00. The summed E-state index contributed by atoms with van der Waals surface area (Å²) in [5, 5.41) is 0.199. The lowest BCUT2D eigenvalue weighted by atomic mass is 9.84. The maximum Gasteiger partial charge on any atom is 0.224 e. The fraction of sp³-hybridized carbons (Fsp3) is 0.650. The molecule has 1 fully saturated rings. The Bertz CT molecular complexity index is 561. The minimum atomic E-state index is 0.199. The number of carbonyl (C=O) groups excluding carboxylic acids is 1. The minimum absolute atomic E-state index is 0.199. The van der Waals surface area contributed by atoms with Crippen LogP contribution in [0.1, 0.15) is 62.6 Å². The van der Waals surface area contributed by atoms with Gasteiger partial charge in [0.05, 0.1) is 0 Å². The average molecular weight is 334 g/mol.